The van der Waals surface area contributed by atoms with Crippen LogP contribution in [0.3, 0.4) is 0 Å². The molecule has 2 radical (unpaired) electrons. The highest BCUT2D eigenvalue weighted by Crippen LogP contribution is 1.99. The van der Waals surface area contributed by atoms with Crippen LogP contribution in [0.15, 0.2) is 30.3 Å². The molecule has 0 N–H and O–H groups in total. The Morgan fingerprint density at radius 1 is 1.10 bits per heavy atom. The zero-order valence-electron chi connectivity index (χ0n) is 6.46. The van der Waals surface area contributed by atoms with E-state index in [1.54, 1.807) is 0 Å². The van der Waals surface area contributed by atoms with Gasteiger partial charge < -0.3 is 0 Å². The van der Waals surface area contributed by atoms with E-state index in [0.717, 1.165) is 0 Å². The normalized spacial score (nSPS) is 11.5. The molecule has 10 heavy (non-hydrogen) atoms. The van der Waals surface area contributed by atoms with Gasteiger partial charge in [-0.25, -0.2) is 0 Å². The van der Waals surface area contributed by atoms with Gasteiger partial charge in [0.2, 0.25) is 0 Å². The number of hydrogen-bond acceptors (Lipinski definition) is 0. The van der Waals surface area contributed by atoms with Crippen LogP contribution in [0.5, 0.6) is 0 Å². The molecule has 0 heterocycles. The van der Waals surface area contributed by atoms with Crippen LogP contribution in [0.4, 0.5) is 0 Å². The van der Waals surface area contributed by atoms with Crippen molar-refractivity contribution in [3.05, 3.63) is 36.9 Å². The predicted octanol–water partition coefficient (Wildman–Crippen LogP) is 1.85. The fourth-order valence-corrected chi connectivity index (χ4v) is 1.92. The van der Waals surface area contributed by atoms with Gasteiger partial charge in [0.05, 0.1) is 8.07 Å². The summed E-state index contributed by atoms with van der Waals surface area (Å²) in [4.78, 5) is 0. The maximum atomic E-state index is 6.00. The summed E-state index contributed by atoms with van der Waals surface area (Å²) < 4.78 is 0. The predicted molar refractivity (Wildman–Crippen MR) is 47.9 cm³/mol. The van der Waals surface area contributed by atoms with Crippen LogP contribution in [-0.2, 0) is 0 Å². The van der Waals surface area contributed by atoms with Crippen molar-refractivity contribution in [2.75, 3.05) is 0 Å². The van der Waals surface area contributed by atoms with Crippen molar-refractivity contribution in [1.29, 1.82) is 0 Å². The first kappa shape index (κ1) is 7.54. The van der Waals surface area contributed by atoms with Crippen molar-refractivity contribution in [3.8, 4) is 0 Å². The molecule has 0 aliphatic carbocycles. The first-order valence-corrected chi connectivity index (χ1v) is 6.53. The van der Waals surface area contributed by atoms with Gasteiger partial charge in [-0.15, -0.1) is 0 Å². The van der Waals surface area contributed by atoms with Crippen LogP contribution in [0.2, 0.25) is 13.1 Å². The molecule has 52 valence electrons. The van der Waals surface area contributed by atoms with E-state index in [9.17, 15) is 0 Å². The summed E-state index contributed by atoms with van der Waals surface area (Å²) in [5.41, 5.74) is 0. The van der Waals surface area contributed by atoms with Crippen molar-refractivity contribution in [2.24, 2.45) is 0 Å². The van der Waals surface area contributed by atoms with Gasteiger partial charge in [0.1, 0.15) is 0 Å². The highest BCUT2D eigenvalue weighted by atomic mass is 28.3. The summed E-state index contributed by atoms with van der Waals surface area (Å²) in [6.45, 7) is 10.3. The highest BCUT2D eigenvalue weighted by Gasteiger charge is 2.14. The third-order valence-corrected chi connectivity index (χ3v) is 3.34. The van der Waals surface area contributed by atoms with Crippen molar-refractivity contribution < 1.29 is 0 Å². The molecule has 0 saturated heterocycles. The zero-order valence-corrected chi connectivity index (χ0v) is 7.46. The van der Waals surface area contributed by atoms with Gasteiger partial charge >= 0.3 is 0 Å². The van der Waals surface area contributed by atoms with Gasteiger partial charge in [0, 0.05) is 0 Å². The molecule has 1 heteroatoms. The van der Waals surface area contributed by atoms with E-state index < -0.39 is 8.07 Å². The van der Waals surface area contributed by atoms with E-state index in [1.165, 1.54) is 5.19 Å². The molecule has 0 nitrogen and oxygen atoms in total. The molecular formula is C9H12Si. The second-order valence-electron chi connectivity index (χ2n) is 3.09. The Morgan fingerprint density at radius 2 is 1.60 bits per heavy atom. The average Bonchev–Trinajstić information content (AvgIpc) is 1.88. The van der Waals surface area contributed by atoms with Crippen LogP contribution in [-0.4, -0.2) is 8.07 Å². The molecule has 1 aromatic rings. The first-order valence-electron chi connectivity index (χ1n) is 3.45. The molecule has 0 amide bonds. The zero-order chi connectivity index (χ0) is 7.61. The van der Waals surface area contributed by atoms with E-state index in [-0.39, 0.29) is 0 Å². The summed E-state index contributed by atoms with van der Waals surface area (Å²) in [7, 11) is -1.53. The Kier molecular flexibility index (Phi) is 1.95. The Labute approximate surface area is 63.9 Å². The van der Waals surface area contributed by atoms with Gasteiger partial charge in [-0.3, -0.25) is 0 Å². The summed E-state index contributed by atoms with van der Waals surface area (Å²) in [6.07, 6.45) is 0. The smallest absolute Gasteiger partial charge is 0.0652 e. The number of benzene rings is 1. The Hall–Kier alpha value is -0.563. The summed E-state index contributed by atoms with van der Waals surface area (Å²) in [5, 5.41) is 1.31. The summed E-state index contributed by atoms with van der Waals surface area (Å²) in [5.74, 6) is 0. The van der Waals surface area contributed by atoms with Crippen LogP contribution in [0, 0.1) is 6.55 Å². The maximum Gasteiger partial charge on any atom is 0.0836 e. The van der Waals surface area contributed by atoms with E-state index >= 15 is 0 Å². The molecule has 0 unspecified atom stereocenters. The summed E-state index contributed by atoms with van der Waals surface area (Å²) >= 11 is 0. The lowest BCUT2D eigenvalue weighted by Crippen LogP contribution is -2.37. The Bertz CT molecular complexity index is 196. The molecule has 0 saturated carbocycles. The van der Waals surface area contributed by atoms with Crippen molar-refractivity contribution in [1.82, 2.24) is 0 Å². The van der Waals surface area contributed by atoms with Crippen LogP contribution in [0.1, 0.15) is 0 Å². The van der Waals surface area contributed by atoms with Crippen molar-refractivity contribution in [3.63, 3.8) is 0 Å². The molecule has 1 aromatic carbocycles. The highest BCUT2D eigenvalue weighted by molar-refractivity contribution is 6.91. The lowest BCUT2D eigenvalue weighted by atomic mass is 10.4. The Morgan fingerprint density at radius 3 is 1.90 bits per heavy atom. The van der Waals surface area contributed by atoms with E-state index in [0.29, 0.717) is 0 Å². The van der Waals surface area contributed by atoms with E-state index in [2.05, 4.69) is 25.2 Å². The second kappa shape index (κ2) is 2.58. The third-order valence-electron chi connectivity index (χ3n) is 1.52. The minimum atomic E-state index is -1.53. The molecule has 0 aliphatic heterocycles. The van der Waals surface area contributed by atoms with E-state index in [4.69, 9.17) is 6.55 Å². The average molecular weight is 148 g/mol. The lowest BCUT2D eigenvalue weighted by molar-refractivity contribution is 1.71. The molecule has 0 aromatic heterocycles. The molecule has 0 atom stereocenters. The fraction of sp³-hybridized carbons (Fsp3) is 0.222. The monoisotopic (exact) mass is 148 g/mol. The van der Waals surface area contributed by atoms with Crippen LogP contribution in [0.25, 0.3) is 0 Å². The molecule has 0 fully saturated rings. The first-order chi connectivity index (χ1) is 4.61. The third kappa shape index (κ3) is 1.71. The van der Waals surface area contributed by atoms with Crippen LogP contribution >= 0.6 is 0 Å². The summed E-state index contributed by atoms with van der Waals surface area (Å²) in [6, 6.07) is 10.3. The molecule has 0 aliphatic rings. The molecule has 0 spiro atoms. The van der Waals surface area contributed by atoms with Gasteiger partial charge in [-0.1, -0.05) is 48.6 Å². The topological polar surface area (TPSA) is 0 Å². The minimum absolute atomic E-state index is 1.31. The van der Waals surface area contributed by atoms with Gasteiger partial charge in [0.25, 0.3) is 0 Å². The minimum Gasteiger partial charge on any atom is -0.0652 e. The van der Waals surface area contributed by atoms with E-state index in [1.807, 2.05) is 18.2 Å². The quantitative estimate of drug-likeness (QED) is 0.533. The van der Waals surface area contributed by atoms with Crippen molar-refractivity contribution in [2.45, 2.75) is 13.1 Å². The molecular weight excluding hydrogens is 136 g/mol. The Balaban J connectivity index is 2.97. The molecule has 0 bridgehead atoms. The SMILES string of the molecule is [CH][Si](C)(C)c1ccccc1. The lowest BCUT2D eigenvalue weighted by Gasteiger charge is -2.14. The fourth-order valence-electron chi connectivity index (χ4n) is 0.868. The molecule has 1 rings (SSSR count). The number of rotatable bonds is 1. The van der Waals surface area contributed by atoms with Gasteiger partial charge in [0.15, 0.2) is 0 Å². The van der Waals surface area contributed by atoms with Gasteiger partial charge in [-0.05, 0) is 6.55 Å². The van der Waals surface area contributed by atoms with Crippen molar-refractivity contribution >= 4 is 13.3 Å². The number of hydrogen-bond donors (Lipinski definition) is 0. The standard InChI is InChI=1S/C9H12Si/c1-10(2,3)9-7-5-4-6-8-9/h1,4-8H,2-3H3. The second-order valence-corrected chi connectivity index (χ2v) is 7.11. The largest absolute Gasteiger partial charge is 0.0836 e. The van der Waals surface area contributed by atoms with Gasteiger partial charge in [-0.2, -0.15) is 0 Å². The van der Waals surface area contributed by atoms with Crippen LogP contribution < -0.4 is 5.19 Å². The maximum absolute atomic E-state index is 6.00.